The molecular weight excluding hydrogens is 181 g/mol. The van der Waals surface area contributed by atoms with E-state index in [4.69, 9.17) is 10.4 Å². The van der Waals surface area contributed by atoms with Gasteiger partial charge in [0.05, 0.1) is 12.2 Å². The second-order valence-corrected chi connectivity index (χ2v) is 3.00. The highest BCUT2D eigenvalue weighted by molar-refractivity contribution is 5.55. The zero-order chi connectivity index (χ0) is 10.6. The molecule has 14 heavy (non-hydrogen) atoms. The second kappa shape index (κ2) is 4.54. The Morgan fingerprint density at radius 2 is 2.36 bits per heavy atom. The summed E-state index contributed by atoms with van der Waals surface area (Å²) in [5.74, 6) is -0.522. The summed E-state index contributed by atoms with van der Waals surface area (Å²) in [6.07, 6.45) is 1.71. The zero-order valence-corrected chi connectivity index (χ0v) is 7.79. The maximum Gasteiger partial charge on any atom is 0.140 e. The molecule has 0 fully saturated rings. The maximum atomic E-state index is 12.9. The average molecular weight is 191 g/mol. The molecule has 0 unspecified atom stereocenters. The molecule has 1 rings (SSSR count). The topological polar surface area (TPSA) is 44.0 Å². The maximum absolute atomic E-state index is 12.9. The number of rotatable bonds is 2. The monoisotopic (exact) mass is 191 g/mol. The molecule has 0 spiro atoms. The van der Waals surface area contributed by atoms with Crippen LogP contribution in [0, 0.1) is 17.1 Å². The molecule has 0 saturated carbocycles. The van der Waals surface area contributed by atoms with E-state index in [0.29, 0.717) is 0 Å². The Balaban J connectivity index is 3.09. The molecular formula is C11H10FNO. The van der Waals surface area contributed by atoms with Crippen LogP contribution >= 0.6 is 0 Å². The standard InChI is InChI=1S/C11H10FNO/c1-8(7-14)4-9-2-3-11(12)10(5-9)6-13/h2-5,14H,7H2,1H3/b8-4-. The lowest BCUT2D eigenvalue weighted by molar-refractivity contribution is 0.332. The average Bonchev–Trinajstić information content (AvgIpc) is 2.20. The SMILES string of the molecule is C/C(=C/c1ccc(F)c(C#N)c1)CO. The van der Waals surface area contributed by atoms with Gasteiger partial charge in [0.1, 0.15) is 11.9 Å². The molecule has 0 aliphatic heterocycles. The van der Waals surface area contributed by atoms with Crippen molar-refractivity contribution in [3.05, 3.63) is 40.7 Å². The van der Waals surface area contributed by atoms with E-state index < -0.39 is 5.82 Å². The lowest BCUT2D eigenvalue weighted by Gasteiger charge is -1.98. The van der Waals surface area contributed by atoms with Crippen LogP contribution in [0.25, 0.3) is 6.08 Å². The second-order valence-electron chi connectivity index (χ2n) is 3.00. The fourth-order valence-corrected chi connectivity index (χ4v) is 1.05. The normalized spacial score (nSPS) is 11.1. The molecule has 0 bridgehead atoms. The van der Waals surface area contributed by atoms with Gasteiger partial charge in [-0.2, -0.15) is 5.26 Å². The minimum absolute atomic E-state index is 0.0180. The van der Waals surface area contributed by atoms with Crippen molar-refractivity contribution >= 4 is 6.08 Å². The highest BCUT2D eigenvalue weighted by Crippen LogP contribution is 2.12. The summed E-state index contributed by atoms with van der Waals surface area (Å²) in [6.45, 7) is 1.72. The van der Waals surface area contributed by atoms with Gasteiger partial charge in [-0.1, -0.05) is 12.1 Å². The molecule has 1 N–H and O–H groups in total. The van der Waals surface area contributed by atoms with Gasteiger partial charge in [0.15, 0.2) is 0 Å². The molecule has 72 valence electrons. The highest BCUT2D eigenvalue weighted by Gasteiger charge is 2.00. The van der Waals surface area contributed by atoms with Gasteiger partial charge in [0.2, 0.25) is 0 Å². The van der Waals surface area contributed by atoms with Crippen LogP contribution in [-0.2, 0) is 0 Å². The van der Waals surface area contributed by atoms with Crippen LogP contribution < -0.4 is 0 Å². The van der Waals surface area contributed by atoms with Crippen LogP contribution in [0.15, 0.2) is 23.8 Å². The summed E-state index contributed by atoms with van der Waals surface area (Å²) in [7, 11) is 0. The van der Waals surface area contributed by atoms with Crippen molar-refractivity contribution in [1.29, 1.82) is 5.26 Å². The quantitative estimate of drug-likeness (QED) is 0.777. The highest BCUT2D eigenvalue weighted by atomic mass is 19.1. The van der Waals surface area contributed by atoms with Crippen LogP contribution in [0.1, 0.15) is 18.1 Å². The number of aliphatic hydroxyl groups excluding tert-OH is 1. The van der Waals surface area contributed by atoms with Gasteiger partial charge in [-0.25, -0.2) is 4.39 Å². The third kappa shape index (κ3) is 2.41. The molecule has 2 nitrogen and oxygen atoms in total. The van der Waals surface area contributed by atoms with Crippen LogP contribution in [0.4, 0.5) is 4.39 Å². The van der Waals surface area contributed by atoms with Crippen molar-refractivity contribution in [3.8, 4) is 6.07 Å². The Hall–Kier alpha value is -1.66. The van der Waals surface area contributed by atoms with Crippen molar-refractivity contribution < 1.29 is 9.50 Å². The van der Waals surface area contributed by atoms with Gasteiger partial charge in [-0.3, -0.25) is 0 Å². The van der Waals surface area contributed by atoms with Gasteiger partial charge < -0.3 is 5.11 Å². The van der Waals surface area contributed by atoms with Gasteiger partial charge in [0, 0.05) is 0 Å². The van der Waals surface area contributed by atoms with Crippen LogP contribution in [0.2, 0.25) is 0 Å². The van der Waals surface area contributed by atoms with E-state index in [1.54, 1.807) is 25.1 Å². The fourth-order valence-electron chi connectivity index (χ4n) is 1.05. The Morgan fingerprint density at radius 3 is 2.93 bits per heavy atom. The van der Waals surface area contributed by atoms with Crippen molar-refractivity contribution in [2.75, 3.05) is 6.61 Å². The molecule has 0 aromatic heterocycles. The van der Waals surface area contributed by atoms with Crippen LogP contribution in [0.3, 0.4) is 0 Å². The first-order valence-electron chi connectivity index (χ1n) is 4.15. The lowest BCUT2D eigenvalue weighted by Crippen LogP contribution is -1.87. The van der Waals surface area contributed by atoms with Crippen molar-refractivity contribution in [2.45, 2.75) is 6.92 Å². The fraction of sp³-hybridized carbons (Fsp3) is 0.182. The van der Waals surface area contributed by atoms with E-state index in [9.17, 15) is 4.39 Å². The molecule has 0 aliphatic carbocycles. The minimum atomic E-state index is -0.522. The van der Waals surface area contributed by atoms with Gasteiger partial charge in [0.25, 0.3) is 0 Å². The van der Waals surface area contributed by atoms with E-state index >= 15 is 0 Å². The predicted octanol–water partition coefficient (Wildman–Crippen LogP) is 2.09. The molecule has 1 aromatic rings. The number of nitriles is 1. The molecule has 0 saturated heterocycles. The van der Waals surface area contributed by atoms with E-state index in [0.717, 1.165) is 11.1 Å². The number of aliphatic hydroxyl groups is 1. The molecule has 0 radical (unpaired) electrons. The smallest absolute Gasteiger partial charge is 0.140 e. The molecule has 0 aliphatic rings. The first kappa shape index (κ1) is 10.4. The van der Waals surface area contributed by atoms with Gasteiger partial charge in [-0.15, -0.1) is 0 Å². The Labute approximate surface area is 81.9 Å². The lowest BCUT2D eigenvalue weighted by atomic mass is 10.1. The van der Waals surface area contributed by atoms with E-state index in [-0.39, 0.29) is 12.2 Å². The molecule has 0 atom stereocenters. The van der Waals surface area contributed by atoms with E-state index in [2.05, 4.69) is 0 Å². The van der Waals surface area contributed by atoms with Crippen molar-refractivity contribution in [3.63, 3.8) is 0 Å². The zero-order valence-electron chi connectivity index (χ0n) is 7.79. The first-order valence-corrected chi connectivity index (χ1v) is 4.15. The largest absolute Gasteiger partial charge is 0.392 e. The van der Waals surface area contributed by atoms with Crippen LogP contribution in [-0.4, -0.2) is 11.7 Å². The third-order valence-electron chi connectivity index (χ3n) is 1.77. The van der Waals surface area contributed by atoms with Gasteiger partial charge >= 0.3 is 0 Å². The third-order valence-corrected chi connectivity index (χ3v) is 1.77. The predicted molar refractivity (Wildman–Crippen MR) is 51.9 cm³/mol. The molecule has 0 amide bonds. The molecule has 1 aromatic carbocycles. The number of nitrogens with zero attached hydrogens (tertiary/aromatic N) is 1. The summed E-state index contributed by atoms with van der Waals surface area (Å²) in [5, 5.41) is 17.3. The van der Waals surface area contributed by atoms with Crippen molar-refractivity contribution in [2.24, 2.45) is 0 Å². The van der Waals surface area contributed by atoms with Crippen molar-refractivity contribution in [1.82, 2.24) is 0 Å². The first-order chi connectivity index (χ1) is 6.67. The summed E-state index contributed by atoms with van der Waals surface area (Å²) in [4.78, 5) is 0. The summed E-state index contributed by atoms with van der Waals surface area (Å²) in [5.41, 5.74) is 1.50. The number of hydrogen-bond donors (Lipinski definition) is 1. The summed E-state index contributed by atoms with van der Waals surface area (Å²) < 4.78 is 12.9. The number of halogens is 1. The number of benzene rings is 1. The molecule has 0 heterocycles. The van der Waals surface area contributed by atoms with Gasteiger partial charge in [-0.05, 0) is 30.2 Å². The Morgan fingerprint density at radius 1 is 1.64 bits per heavy atom. The molecule has 3 heteroatoms. The summed E-state index contributed by atoms with van der Waals surface area (Å²) >= 11 is 0. The van der Waals surface area contributed by atoms with E-state index in [1.165, 1.54) is 12.1 Å². The Bertz CT molecular complexity index is 404. The van der Waals surface area contributed by atoms with Crippen LogP contribution in [0.5, 0.6) is 0 Å². The Kier molecular flexibility index (Phi) is 3.38. The summed E-state index contributed by atoms with van der Waals surface area (Å²) in [6, 6.07) is 6.02. The minimum Gasteiger partial charge on any atom is -0.392 e. The number of hydrogen-bond acceptors (Lipinski definition) is 2. The van der Waals surface area contributed by atoms with E-state index in [1.807, 2.05) is 0 Å².